The predicted molar refractivity (Wildman–Crippen MR) is 59.6 cm³/mol. The van der Waals surface area contributed by atoms with Crippen molar-refractivity contribution in [2.45, 2.75) is 16.8 Å². The van der Waals surface area contributed by atoms with Crippen LogP contribution in [0.25, 0.3) is 6.08 Å². The molecule has 6 heteroatoms. The Hall–Kier alpha value is -1.43. The topological polar surface area (TPSA) is 37.3 Å². The monoisotopic (exact) mass is 262 g/mol. The van der Waals surface area contributed by atoms with Gasteiger partial charge in [0.15, 0.2) is 0 Å². The summed E-state index contributed by atoms with van der Waals surface area (Å²) in [5.41, 5.74) is -3.77. The van der Waals surface area contributed by atoms with Gasteiger partial charge < -0.3 is 5.11 Å². The van der Waals surface area contributed by atoms with Gasteiger partial charge in [0.1, 0.15) is 0 Å². The number of thioether (sulfide) groups is 1. The third-order valence-corrected chi connectivity index (χ3v) is 2.42. The predicted octanol–water partition coefficient (Wildman–Crippen LogP) is 3.79. The molecule has 0 fully saturated rings. The largest absolute Gasteiger partial charge is 0.481 e. The Kier molecular flexibility index (Phi) is 4.62. The average molecular weight is 262 g/mol. The molecule has 0 aliphatic heterocycles. The molecular weight excluding hydrogens is 253 g/mol. The Balaban J connectivity index is 2.72. The van der Waals surface area contributed by atoms with Crippen LogP contribution in [0.5, 0.6) is 0 Å². The number of carbonyl (C=O) groups is 1. The molecule has 0 aromatic heterocycles. The summed E-state index contributed by atoms with van der Waals surface area (Å²) < 4.78 is 36.3. The highest BCUT2D eigenvalue weighted by molar-refractivity contribution is 8.00. The van der Waals surface area contributed by atoms with E-state index in [4.69, 9.17) is 5.11 Å². The van der Waals surface area contributed by atoms with E-state index in [0.717, 1.165) is 0 Å². The Morgan fingerprint density at radius 1 is 1.41 bits per heavy atom. The Bertz CT molecular complexity index is 427. The van der Waals surface area contributed by atoms with Crippen molar-refractivity contribution < 1.29 is 23.1 Å². The van der Waals surface area contributed by atoms with E-state index in [-0.39, 0.29) is 23.1 Å². The summed E-state index contributed by atoms with van der Waals surface area (Å²) in [6, 6.07) is 5.82. The first-order valence-corrected chi connectivity index (χ1v) is 5.42. The summed E-state index contributed by atoms with van der Waals surface area (Å²) in [5.74, 6) is -0.984. The van der Waals surface area contributed by atoms with Gasteiger partial charge in [0, 0.05) is 4.90 Å². The maximum Gasteiger partial charge on any atom is 0.446 e. The van der Waals surface area contributed by atoms with Gasteiger partial charge in [-0.2, -0.15) is 13.2 Å². The molecule has 0 radical (unpaired) electrons. The Morgan fingerprint density at radius 2 is 2.12 bits per heavy atom. The van der Waals surface area contributed by atoms with Crippen LogP contribution in [0.3, 0.4) is 0 Å². The number of hydrogen-bond acceptors (Lipinski definition) is 2. The number of hydrogen-bond donors (Lipinski definition) is 1. The van der Waals surface area contributed by atoms with Gasteiger partial charge in [-0.3, -0.25) is 4.79 Å². The third-order valence-electron chi connectivity index (χ3n) is 1.69. The molecule has 2 nitrogen and oxygen atoms in total. The van der Waals surface area contributed by atoms with Crippen molar-refractivity contribution in [3.05, 3.63) is 35.9 Å². The lowest BCUT2D eigenvalue weighted by molar-refractivity contribution is -0.135. The first kappa shape index (κ1) is 13.6. The van der Waals surface area contributed by atoms with E-state index in [1.54, 1.807) is 6.07 Å². The van der Waals surface area contributed by atoms with Crippen molar-refractivity contribution in [2.24, 2.45) is 0 Å². The second-order valence-electron chi connectivity index (χ2n) is 3.12. The van der Waals surface area contributed by atoms with E-state index in [2.05, 4.69) is 0 Å². The van der Waals surface area contributed by atoms with Gasteiger partial charge in [-0.05, 0) is 29.5 Å². The summed E-state index contributed by atoms with van der Waals surface area (Å²) in [7, 11) is 0. The molecule has 1 aromatic carbocycles. The molecule has 0 spiro atoms. The highest BCUT2D eigenvalue weighted by Gasteiger charge is 2.29. The summed E-state index contributed by atoms with van der Waals surface area (Å²) in [5, 5.41) is 8.39. The Labute approximate surface area is 100 Å². The standard InChI is InChI=1S/C11H9F3O2S/c12-11(13,14)17-9-5-1-3-8(7-9)4-2-6-10(15)16/h1-5,7H,6H2,(H,15,16). The number of carboxylic acids is 1. The normalized spacial score (nSPS) is 11.9. The number of alkyl halides is 3. The second-order valence-corrected chi connectivity index (χ2v) is 4.26. The van der Waals surface area contributed by atoms with Crippen LogP contribution in [0.15, 0.2) is 35.2 Å². The maximum atomic E-state index is 12.1. The Morgan fingerprint density at radius 3 is 2.71 bits per heavy atom. The molecular formula is C11H9F3O2S. The minimum absolute atomic E-state index is 0.0787. The zero-order chi connectivity index (χ0) is 12.9. The minimum Gasteiger partial charge on any atom is -0.481 e. The first-order chi connectivity index (χ1) is 7.87. The molecule has 0 aliphatic rings. The van der Waals surface area contributed by atoms with Crippen molar-refractivity contribution >= 4 is 23.8 Å². The molecule has 0 bridgehead atoms. The summed E-state index contributed by atoms with van der Waals surface area (Å²) >= 11 is -0.196. The van der Waals surface area contributed by atoms with Crippen molar-refractivity contribution in [1.82, 2.24) is 0 Å². The van der Waals surface area contributed by atoms with E-state index in [0.29, 0.717) is 5.56 Å². The van der Waals surface area contributed by atoms with Gasteiger partial charge >= 0.3 is 11.5 Å². The number of carboxylic acid groups (broad SMARTS) is 1. The van der Waals surface area contributed by atoms with Gasteiger partial charge in [0.05, 0.1) is 6.42 Å². The molecule has 1 N–H and O–H groups in total. The summed E-state index contributed by atoms with van der Waals surface area (Å²) in [6.45, 7) is 0. The van der Waals surface area contributed by atoms with Crippen LogP contribution in [-0.4, -0.2) is 16.6 Å². The lowest BCUT2D eigenvalue weighted by Gasteiger charge is -2.05. The number of rotatable bonds is 4. The molecule has 1 aromatic rings. The lowest BCUT2D eigenvalue weighted by atomic mass is 10.2. The number of benzene rings is 1. The zero-order valence-electron chi connectivity index (χ0n) is 8.57. The van der Waals surface area contributed by atoms with Crippen molar-refractivity contribution in [3.8, 4) is 0 Å². The van der Waals surface area contributed by atoms with Crippen LogP contribution in [-0.2, 0) is 4.79 Å². The van der Waals surface area contributed by atoms with Gasteiger partial charge in [-0.15, -0.1) is 0 Å². The van der Waals surface area contributed by atoms with Crippen LogP contribution >= 0.6 is 11.8 Å². The van der Waals surface area contributed by atoms with Gasteiger partial charge in [-0.25, -0.2) is 0 Å². The molecule has 1 rings (SSSR count). The summed E-state index contributed by atoms with van der Waals surface area (Å²) in [4.78, 5) is 10.3. The molecule has 0 aliphatic carbocycles. The average Bonchev–Trinajstić information content (AvgIpc) is 2.14. The number of aliphatic carboxylic acids is 1. The van der Waals surface area contributed by atoms with Crippen molar-refractivity contribution in [2.75, 3.05) is 0 Å². The lowest BCUT2D eigenvalue weighted by Crippen LogP contribution is -1.98. The zero-order valence-corrected chi connectivity index (χ0v) is 9.39. The quantitative estimate of drug-likeness (QED) is 0.839. The SMILES string of the molecule is O=C(O)CC=Cc1cccc(SC(F)(F)F)c1. The van der Waals surface area contributed by atoms with Gasteiger partial charge in [0.25, 0.3) is 0 Å². The van der Waals surface area contributed by atoms with E-state index >= 15 is 0 Å². The van der Waals surface area contributed by atoms with Crippen LogP contribution < -0.4 is 0 Å². The minimum atomic E-state index is -4.32. The van der Waals surface area contributed by atoms with Gasteiger partial charge in [-0.1, -0.05) is 24.3 Å². The molecule has 0 atom stereocenters. The third kappa shape index (κ3) is 6.01. The van der Waals surface area contributed by atoms with Crippen molar-refractivity contribution in [1.29, 1.82) is 0 Å². The van der Waals surface area contributed by atoms with Crippen LogP contribution in [0, 0.1) is 0 Å². The molecule has 0 saturated heterocycles. The van der Waals surface area contributed by atoms with E-state index in [1.807, 2.05) is 0 Å². The maximum absolute atomic E-state index is 12.1. The van der Waals surface area contributed by atoms with Crippen LogP contribution in [0.2, 0.25) is 0 Å². The molecule has 0 amide bonds. The summed E-state index contributed by atoms with van der Waals surface area (Å²) in [6.07, 6.45) is 2.71. The molecule has 0 heterocycles. The van der Waals surface area contributed by atoms with Crippen LogP contribution in [0.1, 0.15) is 12.0 Å². The number of halogens is 3. The first-order valence-electron chi connectivity index (χ1n) is 4.61. The van der Waals surface area contributed by atoms with E-state index in [9.17, 15) is 18.0 Å². The molecule has 17 heavy (non-hydrogen) atoms. The fraction of sp³-hybridized carbons (Fsp3) is 0.182. The highest BCUT2D eigenvalue weighted by Crippen LogP contribution is 2.36. The van der Waals surface area contributed by atoms with E-state index < -0.39 is 11.5 Å². The fourth-order valence-electron chi connectivity index (χ4n) is 1.11. The van der Waals surface area contributed by atoms with Gasteiger partial charge in [0.2, 0.25) is 0 Å². The van der Waals surface area contributed by atoms with Crippen LogP contribution in [0.4, 0.5) is 13.2 Å². The van der Waals surface area contributed by atoms with Crippen molar-refractivity contribution in [3.63, 3.8) is 0 Å². The van der Waals surface area contributed by atoms with E-state index in [1.165, 1.54) is 30.4 Å². The highest BCUT2D eigenvalue weighted by atomic mass is 32.2. The molecule has 0 saturated carbocycles. The molecule has 0 unspecified atom stereocenters. The molecule has 92 valence electrons. The smallest absolute Gasteiger partial charge is 0.446 e. The second kappa shape index (κ2) is 5.77. The fourth-order valence-corrected chi connectivity index (χ4v) is 1.72.